The number of rotatable bonds is 6. The van der Waals surface area contributed by atoms with E-state index < -0.39 is 0 Å². The summed E-state index contributed by atoms with van der Waals surface area (Å²) in [4.78, 5) is 9.28. The minimum absolute atomic E-state index is 0.104. The van der Waals surface area contributed by atoms with Crippen LogP contribution < -0.4 is 4.74 Å². The molecule has 2 heterocycles. The fourth-order valence-electron chi connectivity index (χ4n) is 5.59. The predicted molar refractivity (Wildman–Crippen MR) is 138 cm³/mol. The van der Waals surface area contributed by atoms with Gasteiger partial charge in [0.2, 0.25) is 0 Å². The lowest BCUT2D eigenvalue weighted by Gasteiger charge is -2.48. The molecule has 6 rings (SSSR count). The molecule has 3 aromatic carbocycles. The van der Waals surface area contributed by atoms with E-state index in [1.54, 1.807) is 12.3 Å². The summed E-state index contributed by atoms with van der Waals surface area (Å²) in [6.07, 6.45) is 3.86. The monoisotopic (exact) mass is 478 g/mol. The molecular formula is C31H27FN2O2. The van der Waals surface area contributed by atoms with Crippen LogP contribution in [0.3, 0.4) is 0 Å². The number of fused-ring (bicyclic) bond motifs is 1. The van der Waals surface area contributed by atoms with E-state index in [-0.39, 0.29) is 11.2 Å². The quantitative estimate of drug-likeness (QED) is 0.252. The highest BCUT2D eigenvalue weighted by Crippen LogP contribution is 2.55. The molecule has 5 aromatic rings. The maximum Gasteiger partial charge on any atom is 0.191 e. The Bertz CT molecular complexity index is 1540. The molecule has 1 aliphatic rings. The van der Waals surface area contributed by atoms with Gasteiger partial charge in [0.15, 0.2) is 5.89 Å². The van der Waals surface area contributed by atoms with E-state index in [0.717, 1.165) is 46.4 Å². The lowest BCUT2D eigenvalue weighted by atomic mass is 9.55. The Morgan fingerprint density at radius 3 is 2.56 bits per heavy atom. The van der Waals surface area contributed by atoms with Crippen LogP contribution in [0, 0.1) is 18.7 Å². The molecule has 36 heavy (non-hydrogen) atoms. The van der Waals surface area contributed by atoms with Crippen molar-refractivity contribution < 1.29 is 13.5 Å². The largest absolute Gasteiger partial charge is 0.487 e. The number of aromatic nitrogens is 2. The predicted octanol–water partition coefficient (Wildman–Crippen LogP) is 7.63. The lowest BCUT2D eigenvalue weighted by Crippen LogP contribution is -2.41. The van der Waals surface area contributed by atoms with E-state index >= 15 is 0 Å². The Labute approximate surface area is 209 Å². The first kappa shape index (κ1) is 22.5. The maximum absolute atomic E-state index is 13.5. The van der Waals surface area contributed by atoms with Gasteiger partial charge in [0.1, 0.15) is 30.1 Å². The smallest absolute Gasteiger partial charge is 0.191 e. The van der Waals surface area contributed by atoms with Crippen LogP contribution in [0.1, 0.15) is 42.5 Å². The molecule has 0 radical (unpaired) electrons. The number of pyridine rings is 1. The molecule has 0 aliphatic heterocycles. The number of nitrogens with zero attached hydrogens (tertiary/aromatic N) is 2. The van der Waals surface area contributed by atoms with Gasteiger partial charge in [-0.3, -0.25) is 0 Å². The summed E-state index contributed by atoms with van der Waals surface area (Å²) < 4.78 is 25.3. The highest BCUT2D eigenvalue weighted by molar-refractivity contribution is 5.78. The van der Waals surface area contributed by atoms with Crippen molar-refractivity contribution in [2.45, 2.75) is 38.7 Å². The van der Waals surface area contributed by atoms with Crippen LogP contribution in [0.5, 0.6) is 5.75 Å². The van der Waals surface area contributed by atoms with E-state index in [1.807, 2.05) is 25.1 Å². The Morgan fingerprint density at radius 1 is 0.972 bits per heavy atom. The van der Waals surface area contributed by atoms with Gasteiger partial charge in [-0.15, -0.1) is 0 Å². The van der Waals surface area contributed by atoms with Crippen molar-refractivity contribution in [1.29, 1.82) is 0 Å². The molecule has 180 valence electrons. The van der Waals surface area contributed by atoms with E-state index in [0.29, 0.717) is 18.4 Å². The fourth-order valence-corrected chi connectivity index (χ4v) is 5.59. The maximum atomic E-state index is 13.5. The Kier molecular flexibility index (Phi) is 5.56. The number of benzene rings is 3. The van der Waals surface area contributed by atoms with Crippen LogP contribution in [0.2, 0.25) is 0 Å². The number of ether oxygens (including phenoxy) is 1. The van der Waals surface area contributed by atoms with Crippen LogP contribution in [-0.4, -0.2) is 9.97 Å². The fraction of sp³-hybridized carbons (Fsp3) is 0.226. The molecule has 1 saturated carbocycles. The van der Waals surface area contributed by atoms with Crippen LogP contribution in [0.4, 0.5) is 4.39 Å². The highest BCUT2D eigenvalue weighted by atomic mass is 19.1. The van der Waals surface area contributed by atoms with E-state index in [4.69, 9.17) is 9.15 Å². The van der Waals surface area contributed by atoms with E-state index in [9.17, 15) is 4.39 Å². The molecule has 0 bridgehead atoms. The van der Waals surface area contributed by atoms with Crippen molar-refractivity contribution in [1.82, 2.24) is 9.97 Å². The van der Waals surface area contributed by atoms with Gasteiger partial charge in [-0.2, -0.15) is 0 Å². The van der Waals surface area contributed by atoms with Crippen LogP contribution >= 0.6 is 0 Å². The molecule has 0 N–H and O–H groups in total. The third-order valence-electron chi connectivity index (χ3n) is 7.22. The minimum atomic E-state index is -0.263. The standard InChI is InChI=1S/C31H27FN2O2/c1-20-16-31(17-20,23-6-4-3-5-7-23)28-15-26(11-12-27(28)30-19-35-21(2)33-30)36-18-25-10-8-22-14-24(32)9-13-29(22)34-25/h3-15,19-20H,16-18H2,1-2H3. The highest BCUT2D eigenvalue weighted by Gasteiger charge is 2.46. The van der Waals surface area contributed by atoms with E-state index in [2.05, 4.69) is 59.4 Å². The van der Waals surface area contributed by atoms with Crippen molar-refractivity contribution in [2.24, 2.45) is 5.92 Å². The number of hydrogen-bond donors (Lipinski definition) is 0. The average Bonchev–Trinajstić information content (AvgIpc) is 3.31. The van der Waals surface area contributed by atoms with Gasteiger partial charge in [0.05, 0.1) is 11.2 Å². The molecule has 0 amide bonds. The Balaban J connectivity index is 1.37. The first-order valence-corrected chi connectivity index (χ1v) is 12.3. The molecule has 0 unspecified atom stereocenters. The van der Waals surface area contributed by atoms with Crippen molar-refractivity contribution >= 4 is 10.9 Å². The third-order valence-corrected chi connectivity index (χ3v) is 7.22. The van der Waals surface area contributed by atoms with Gasteiger partial charge in [0, 0.05) is 23.3 Å². The van der Waals surface area contributed by atoms with Gasteiger partial charge in [0.25, 0.3) is 0 Å². The summed E-state index contributed by atoms with van der Waals surface area (Å²) in [6, 6.07) is 25.3. The summed E-state index contributed by atoms with van der Waals surface area (Å²) >= 11 is 0. The third kappa shape index (κ3) is 4.05. The number of aryl methyl sites for hydroxylation is 1. The molecule has 5 heteroatoms. The van der Waals surface area contributed by atoms with Gasteiger partial charge in [-0.1, -0.05) is 43.3 Å². The van der Waals surface area contributed by atoms with Gasteiger partial charge in [-0.25, -0.2) is 14.4 Å². The van der Waals surface area contributed by atoms with Crippen LogP contribution in [0.15, 0.2) is 89.5 Å². The van der Waals surface area contributed by atoms with Crippen molar-refractivity contribution in [2.75, 3.05) is 0 Å². The second-order valence-corrected chi connectivity index (χ2v) is 9.85. The topological polar surface area (TPSA) is 48.2 Å². The summed E-state index contributed by atoms with van der Waals surface area (Å²) in [5, 5.41) is 0.775. The van der Waals surface area contributed by atoms with Crippen molar-refractivity contribution in [3.8, 4) is 17.0 Å². The number of hydrogen-bond acceptors (Lipinski definition) is 4. The number of halogens is 1. The zero-order valence-corrected chi connectivity index (χ0v) is 20.4. The zero-order chi connectivity index (χ0) is 24.7. The van der Waals surface area contributed by atoms with Gasteiger partial charge >= 0.3 is 0 Å². The summed E-state index contributed by atoms with van der Waals surface area (Å²) in [7, 11) is 0. The SMILES string of the molecule is Cc1nc(-c2ccc(OCc3ccc4cc(F)ccc4n3)cc2C2(c3ccccc3)CC(C)C2)co1. The minimum Gasteiger partial charge on any atom is -0.487 e. The molecule has 0 spiro atoms. The normalized spacial score (nSPS) is 19.2. The van der Waals surface area contributed by atoms with Crippen LogP contribution in [0.25, 0.3) is 22.2 Å². The second-order valence-electron chi connectivity index (χ2n) is 9.85. The summed E-state index contributed by atoms with van der Waals surface area (Å²) in [6.45, 7) is 4.49. The first-order chi connectivity index (χ1) is 17.5. The summed E-state index contributed by atoms with van der Waals surface area (Å²) in [5.41, 5.74) is 5.87. The Hall–Kier alpha value is -3.99. The summed E-state index contributed by atoms with van der Waals surface area (Å²) in [5.74, 6) is 1.80. The molecule has 2 aromatic heterocycles. The molecular weight excluding hydrogens is 451 g/mol. The molecule has 1 fully saturated rings. The average molecular weight is 479 g/mol. The molecule has 4 nitrogen and oxygen atoms in total. The Morgan fingerprint density at radius 2 is 1.81 bits per heavy atom. The van der Waals surface area contributed by atoms with Gasteiger partial charge in [-0.05, 0) is 72.4 Å². The molecule has 0 atom stereocenters. The van der Waals surface area contributed by atoms with Crippen molar-refractivity contribution in [3.63, 3.8) is 0 Å². The van der Waals surface area contributed by atoms with Crippen LogP contribution in [-0.2, 0) is 12.0 Å². The second kappa shape index (κ2) is 8.90. The molecule has 1 aliphatic carbocycles. The lowest BCUT2D eigenvalue weighted by molar-refractivity contribution is 0.200. The number of oxazole rings is 1. The van der Waals surface area contributed by atoms with E-state index in [1.165, 1.54) is 23.3 Å². The zero-order valence-electron chi connectivity index (χ0n) is 20.4. The van der Waals surface area contributed by atoms with Gasteiger partial charge < -0.3 is 9.15 Å². The van der Waals surface area contributed by atoms with Crippen molar-refractivity contribution in [3.05, 3.63) is 114 Å². The first-order valence-electron chi connectivity index (χ1n) is 12.3. The molecule has 0 saturated heterocycles.